The fourth-order valence-electron chi connectivity index (χ4n) is 2.23. The first-order valence-corrected chi connectivity index (χ1v) is 7.97. The number of alkyl halides is 1. The van der Waals surface area contributed by atoms with Crippen LogP contribution >= 0.6 is 23.2 Å². The highest BCUT2D eigenvalue weighted by Crippen LogP contribution is 2.34. The van der Waals surface area contributed by atoms with Crippen molar-refractivity contribution in [2.24, 2.45) is 0 Å². The smallest absolute Gasteiger partial charge is 0.130 e. The highest BCUT2D eigenvalue weighted by atomic mass is 35.5. The molecule has 0 unspecified atom stereocenters. The van der Waals surface area contributed by atoms with Gasteiger partial charge in [-0.1, -0.05) is 31.5 Å². The lowest BCUT2D eigenvalue weighted by Gasteiger charge is -2.15. The van der Waals surface area contributed by atoms with Crippen LogP contribution in [0.5, 0.6) is 11.5 Å². The molecule has 0 fully saturated rings. The van der Waals surface area contributed by atoms with Gasteiger partial charge in [-0.15, -0.1) is 11.6 Å². The molecule has 0 N–H and O–H groups in total. The third kappa shape index (κ3) is 3.72. The van der Waals surface area contributed by atoms with Crippen LogP contribution in [-0.4, -0.2) is 0 Å². The Morgan fingerprint density at radius 1 is 1.05 bits per heavy atom. The van der Waals surface area contributed by atoms with Crippen molar-refractivity contribution in [1.29, 1.82) is 0 Å². The van der Waals surface area contributed by atoms with Crippen LogP contribution in [0.1, 0.15) is 42.0 Å². The number of halogens is 2. The molecule has 0 saturated carbocycles. The van der Waals surface area contributed by atoms with Gasteiger partial charge in [0.05, 0.1) is 0 Å². The van der Waals surface area contributed by atoms with Crippen LogP contribution in [0.2, 0.25) is 5.02 Å². The number of hydrogen-bond donors (Lipinski definition) is 0. The summed E-state index contributed by atoms with van der Waals surface area (Å²) < 4.78 is 6.03. The molecule has 0 aromatic heterocycles. The van der Waals surface area contributed by atoms with Gasteiger partial charge in [0.1, 0.15) is 11.5 Å². The molecule has 21 heavy (non-hydrogen) atoms. The highest BCUT2D eigenvalue weighted by Gasteiger charge is 2.11. The maximum absolute atomic E-state index is 6.29. The number of hydrogen-bond acceptors (Lipinski definition) is 1. The fraction of sp³-hybridized carbons (Fsp3) is 0.333. The summed E-state index contributed by atoms with van der Waals surface area (Å²) in [5, 5.41) is 0.795. The Bertz CT molecular complexity index is 648. The van der Waals surface area contributed by atoms with E-state index in [9.17, 15) is 0 Å². The van der Waals surface area contributed by atoms with Crippen LogP contribution in [-0.2, 0) is 5.88 Å². The largest absolute Gasteiger partial charge is 0.457 e. The molecule has 2 rings (SSSR count). The molecule has 3 heteroatoms. The van der Waals surface area contributed by atoms with E-state index < -0.39 is 0 Å². The van der Waals surface area contributed by atoms with E-state index in [0.717, 1.165) is 38.8 Å². The second-order valence-electron chi connectivity index (χ2n) is 5.62. The molecule has 2 aromatic rings. The van der Waals surface area contributed by atoms with Gasteiger partial charge in [0.25, 0.3) is 0 Å². The maximum atomic E-state index is 6.29. The molecule has 0 atom stereocenters. The molecule has 0 bridgehead atoms. The SMILES string of the molecule is Cc1cc(Oc2cc(C(C)C)c(Cl)cc2C)ccc1CCl. The summed E-state index contributed by atoms with van der Waals surface area (Å²) in [6, 6.07) is 9.97. The maximum Gasteiger partial charge on any atom is 0.130 e. The number of benzene rings is 2. The Kier molecular flexibility index (Phi) is 5.18. The molecule has 112 valence electrons. The third-order valence-corrected chi connectivity index (χ3v) is 4.22. The fourth-order valence-corrected chi connectivity index (χ4v) is 2.97. The summed E-state index contributed by atoms with van der Waals surface area (Å²) in [4.78, 5) is 0. The second-order valence-corrected chi connectivity index (χ2v) is 6.29. The monoisotopic (exact) mass is 322 g/mol. The minimum Gasteiger partial charge on any atom is -0.457 e. The Morgan fingerprint density at radius 2 is 1.76 bits per heavy atom. The lowest BCUT2D eigenvalue weighted by Crippen LogP contribution is -1.95. The van der Waals surface area contributed by atoms with Crippen LogP contribution in [0.3, 0.4) is 0 Å². The highest BCUT2D eigenvalue weighted by molar-refractivity contribution is 6.31. The quantitative estimate of drug-likeness (QED) is 0.575. The zero-order chi connectivity index (χ0) is 15.6. The van der Waals surface area contributed by atoms with Crippen LogP contribution in [0.25, 0.3) is 0 Å². The molecule has 2 aromatic carbocycles. The van der Waals surface area contributed by atoms with E-state index in [1.165, 1.54) is 0 Å². The van der Waals surface area contributed by atoms with Gasteiger partial charge in [0.15, 0.2) is 0 Å². The van der Waals surface area contributed by atoms with Crippen molar-refractivity contribution in [3.63, 3.8) is 0 Å². The van der Waals surface area contributed by atoms with Crippen LogP contribution in [0.4, 0.5) is 0 Å². The molecule has 0 aliphatic carbocycles. The topological polar surface area (TPSA) is 9.23 Å². The zero-order valence-electron chi connectivity index (χ0n) is 12.8. The van der Waals surface area contributed by atoms with E-state index in [-0.39, 0.29) is 0 Å². The minimum absolute atomic E-state index is 0.362. The van der Waals surface area contributed by atoms with Crippen LogP contribution in [0.15, 0.2) is 30.3 Å². The summed E-state index contributed by atoms with van der Waals surface area (Å²) in [5.41, 5.74) is 4.40. The average Bonchev–Trinajstić information content (AvgIpc) is 2.41. The number of rotatable bonds is 4. The summed E-state index contributed by atoms with van der Waals surface area (Å²) in [7, 11) is 0. The predicted octanol–water partition coefficient (Wildman–Crippen LogP) is 6.61. The Hall–Kier alpha value is -1.18. The van der Waals surface area contributed by atoms with Gasteiger partial charge >= 0.3 is 0 Å². The first kappa shape index (κ1) is 16.2. The van der Waals surface area contributed by atoms with E-state index in [1.54, 1.807) is 0 Å². The van der Waals surface area contributed by atoms with Gasteiger partial charge in [-0.25, -0.2) is 0 Å². The summed E-state index contributed by atoms with van der Waals surface area (Å²) in [5.74, 6) is 2.55. The molecule has 0 aliphatic heterocycles. The lowest BCUT2D eigenvalue weighted by atomic mass is 10.0. The molecule has 0 aliphatic rings. The summed E-state index contributed by atoms with van der Waals surface area (Å²) in [6.07, 6.45) is 0. The van der Waals surface area contributed by atoms with Crippen molar-refractivity contribution >= 4 is 23.2 Å². The standard InChI is InChI=1S/C18H20Cl2O/c1-11(2)16-9-18(13(4)8-17(16)20)21-15-6-5-14(10-19)12(3)7-15/h5-9,11H,10H2,1-4H3. The van der Waals surface area contributed by atoms with Crippen molar-refractivity contribution in [2.45, 2.75) is 39.5 Å². The number of ether oxygens (including phenoxy) is 1. The molecule has 0 saturated heterocycles. The van der Waals surface area contributed by atoms with Gasteiger partial charge in [-0.05, 0) is 66.3 Å². The minimum atomic E-state index is 0.362. The van der Waals surface area contributed by atoms with Gasteiger partial charge < -0.3 is 4.74 Å². The molecule has 1 nitrogen and oxygen atoms in total. The molecular weight excluding hydrogens is 303 g/mol. The van der Waals surface area contributed by atoms with E-state index >= 15 is 0 Å². The third-order valence-electron chi connectivity index (χ3n) is 3.60. The lowest BCUT2D eigenvalue weighted by molar-refractivity contribution is 0.477. The predicted molar refractivity (Wildman–Crippen MR) is 91.1 cm³/mol. The second kappa shape index (κ2) is 6.72. The Morgan fingerprint density at radius 3 is 2.33 bits per heavy atom. The molecule has 0 spiro atoms. The van der Waals surface area contributed by atoms with Gasteiger partial charge in [0, 0.05) is 10.9 Å². The van der Waals surface area contributed by atoms with Gasteiger partial charge in [-0.2, -0.15) is 0 Å². The Labute approximate surface area is 136 Å². The molecular formula is C18H20Cl2O. The molecule has 0 radical (unpaired) electrons. The molecule has 0 amide bonds. The zero-order valence-corrected chi connectivity index (χ0v) is 14.3. The van der Waals surface area contributed by atoms with Crippen molar-refractivity contribution in [3.05, 3.63) is 57.6 Å². The van der Waals surface area contributed by atoms with Crippen LogP contribution in [0, 0.1) is 13.8 Å². The van der Waals surface area contributed by atoms with Gasteiger partial charge in [-0.3, -0.25) is 0 Å². The normalized spacial score (nSPS) is 11.0. The van der Waals surface area contributed by atoms with E-state index in [4.69, 9.17) is 27.9 Å². The summed E-state index contributed by atoms with van der Waals surface area (Å²) in [6.45, 7) is 8.30. The van der Waals surface area contributed by atoms with Crippen molar-refractivity contribution < 1.29 is 4.74 Å². The van der Waals surface area contributed by atoms with Crippen LogP contribution < -0.4 is 4.74 Å². The first-order chi connectivity index (χ1) is 9.92. The average molecular weight is 323 g/mol. The van der Waals surface area contributed by atoms with Crippen molar-refractivity contribution in [2.75, 3.05) is 0 Å². The van der Waals surface area contributed by atoms with Crippen molar-refractivity contribution in [1.82, 2.24) is 0 Å². The van der Waals surface area contributed by atoms with Crippen molar-refractivity contribution in [3.8, 4) is 11.5 Å². The Balaban J connectivity index is 2.35. The summed E-state index contributed by atoms with van der Waals surface area (Å²) >= 11 is 12.2. The molecule has 0 heterocycles. The van der Waals surface area contributed by atoms with E-state index in [2.05, 4.69) is 13.8 Å². The van der Waals surface area contributed by atoms with E-state index in [1.807, 2.05) is 44.2 Å². The van der Waals surface area contributed by atoms with E-state index in [0.29, 0.717) is 11.8 Å². The van der Waals surface area contributed by atoms with Gasteiger partial charge in [0.2, 0.25) is 0 Å². The number of aryl methyl sites for hydroxylation is 2. The first-order valence-electron chi connectivity index (χ1n) is 7.05.